The summed E-state index contributed by atoms with van der Waals surface area (Å²) in [4.78, 5) is 0. The lowest BCUT2D eigenvalue weighted by molar-refractivity contribution is -0.165. The van der Waals surface area contributed by atoms with Crippen LogP contribution in [-0.4, -0.2) is 31.5 Å². The van der Waals surface area contributed by atoms with Crippen LogP contribution in [0, 0.1) is 0 Å². The van der Waals surface area contributed by atoms with Gasteiger partial charge in [0.2, 0.25) is 0 Å². The fourth-order valence-corrected chi connectivity index (χ4v) is 3.37. The molecule has 1 heterocycles. The smallest absolute Gasteiger partial charge is 0.109 e. The van der Waals surface area contributed by atoms with Crippen molar-refractivity contribution in [2.75, 3.05) is 20.3 Å². The van der Waals surface area contributed by atoms with Gasteiger partial charge in [-0.25, -0.2) is 0 Å². The Hall–Kier alpha value is -0.120. The van der Waals surface area contributed by atoms with Crippen molar-refractivity contribution in [2.45, 2.75) is 62.5 Å². The molecule has 1 saturated heterocycles. The average Bonchev–Trinajstić information content (AvgIpc) is 2.31. The van der Waals surface area contributed by atoms with E-state index in [1.165, 1.54) is 32.1 Å². The van der Waals surface area contributed by atoms with E-state index in [9.17, 15) is 0 Å². The van der Waals surface area contributed by atoms with Gasteiger partial charge in [-0.05, 0) is 32.1 Å². The third kappa shape index (κ3) is 2.13. The summed E-state index contributed by atoms with van der Waals surface area (Å²) < 4.78 is 11.5. The fraction of sp³-hybridized carbons (Fsp3) is 1.00. The summed E-state index contributed by atoms with van der Waals surface area (Å²) in [5.74, 6) is 0. The quantitative estimate of drug-likeness (QED) is 0.804. The lowest BCUT2D eigenvalue weighted by atomic mass is 9.68. The largest absolute Gasteiger partial charge is 0.382 e. The first-order chi connectivity index (χ1) is 7.72. The van der Waals surface area contributed by atoms with Gasteiger partial charge in [0.15, 0.2) is 0 Å². The third-order valence-corrected chi connectivity index (χ3v) is 4.38. The number of hydrogen-bond donors (Lipinski definition) is 1. The van der Waals surface area contributed by atoms with Crippen molar-refractivity contribution in [3.63, 3.8) is 0 Å². The van der Waals surface area contributed by atoms with Crippen molar-refractivity contribution in [2.24, 2.45) is 5.73 Å². The molecule has 0 aromatic rings. The van der Waals surface area contributed by atoms with Gasteiger partial charge in [0, 0.05) is 19.3 Å². The van der Waals surface area contributed by atoms with Crippen LogP contribution < -0.4 is 5.73 Å². The van der Waals surface area contributed by atoms with Crippen molar-refractivity contribution in [1.29, 1.82) is 0 Å². The molecule has 1 aliphatic heterocycles. The molecule has 3 nitrogen and oxygen atoms in total. The summed E-state index contributed by atoms with van der Waals surface area (Å²) in [7, 11) is 1.76. The molecule has 1 aliphatic carbocycles. The predicted molar refractivity (Wildman–Crippen MR) is 64.4 cm³/mol. The first kappa shape index (κ1) is 12.3. The Morgan fingerprint density at radius 1 is 1.06 bits per heavy atom. The zero-order chi connectivity index (χ0) is 11.5. The van der Waals surface area contributed by atoms with Crippen LogP contribution >= 0.6 is 0 Å². The first-order valence-corrected chi connectivity index (χ1v) is 6.64. The maximum absolute atomic E-state index is 6.65. The van der Waals surface area contributed by atoms with Gasteiger partial charge in [-0.3, -0.25) is 0 Å². The maximum atomic E-state index is 6.65. The van der Waals surface area contributed by atoms with E-state index in [-0.39, 0.29) is 11.1 Å². The van der Waals surface area contributed by atoms with Gasteiger partial charge in [0.25, 0.3) is 0 Å². The zero-order valence-corrected chi connectivity index (χ0v) is 10.5. The van der Waals surface area contributed by atoms with E-state index in [2.05, 4.69) is 0 Å². The van der Waals surface area contributed by atoms with E-state index >= 15 is 0 Å². The minimum Gasteiger partial charge on any atom is -0.382 e. The summed E-state index contributed by atoms with van der Waals surface area (Å²) in [5.41, 5.74) is 6.29. The van der Waals surface area contributed by atoms with Crippen LogP contribution in [0.25, 0.3) is 0 Å². The van der Waals surface area contributed by atoms with Crippen LogP contribution in [0.3, 0.4) is 0 Å². The molecule has 2 rings (SSSR count). The number of hydrogen-bond acceptors (Lipinski definition) is 3. The zero-order valence-electron chi connectivity index (χ0n) is 10.5. The molecule has 0 aromatic heterocycles. The van der Waals surface area contributed by atoms with Crippen LogP contribution in [0.15, 0.2) is 0 Å². The molecular weight excluding hydrogens is 202 g/mol. The molecule has 2 N–H and O–H groups in total. The maximum Gasteiger partial charge on any atom is 0.109 e. The first-order valence-electron chi connectivity index (χ1n) is 6.64. The fourth-order valence-electron chi connectivity index (χ4n) is 3.37. The minimum absolute atomic E-state index is 0.151. The van der Waals surface area contributed by atoms with Gasteiger partial charge in [0.1, 0.15) is 5.60 Å². The Labute approximate surface area is 98.7 Å². The van der Waals surface area contributed by atoms with Crippen LogP contribution in [0.5, 0.6) is 0 Å². The van der Waals surface area contributed by atoms with Crippen LogP contribution in [-0.2, 0) is 9.47 Å². The number of methoxy groups -OCH3 is 1. The highest BCUT2D eigenvalue weighted by Gasteiger charge is 2.50. The van der Waals surface area contributed by atoms with Gasteiger partial charge in [0.05, 0.1) is 6.61 Å². The third-order valence-electron chi connectivity index (χ3n) is 4.38. The number of nitrogens with two attached hydrogens (primary N) is 1. The number of rotatable bonds is 3. The van der Waals surface area contributed by atoms with Gasteiger partial charge >= 0.3 is 0 Å². The lowest BCUT2D eigenvalue weighted by Gasteiger charge is -2.51. The predicted octanol–water partition coefficient (Wildman–Crippen LogP) is 2.23. The van der Waals surface area contributed by atoms with E-state index in [1.807, 2.05) is 0 Å². The van der Waals surface area contributed by atoms with Crippen LogP contribution in [0.2, 0.25) is 0 Å². The molecule has 16 heavy (non-hydrogen) atoms. The summed E-state index contributed by atoms with van der Waals surface area (Å²) in [6, 6.07) is 0. The Bertz CT molecular complexity index is 212. The topological polar surface area (TPSA) is 44.5 Å². The molecule has 0 spiro atoms. The molecule has 0 amide bonds. The molecule has 2 aliphatic rings. The lowest BCUT2D eigenvalue weighted by Crippen LogP contribution is -2.65. The Kier molecular flexibility index (Phi) is 3.88. The van der Waals surface area contributed by atoms with Gasteiger partial charge in [-0.2, -0.15) is 0 Å². The van der Waals surface area contributed by atoms with Crippen molar-refractivity contribution < 1.29 is 9.47 Å². The van der Waals surface area contributed by atoms with Gasteiger partial charge in [-0.1, -0.05) is 19.3 Å². The molecule has 3 heteroatoms. The molecule has 0 aromatic carbocycles. The SMILES string of the molecule is COCC1(C2(N)CCCCC2)CCCCO1. The number of ether oxygens (including phenoxy) is 2. The highest BCUT2D eigenvalue weighted by Crippen LogP contribution is 2.42. The van der Waals surface area contributed by atoms with Crippen molar-refractivity contribution in [3.8, 4) is 0 Å². The highest BCUT2D eigenvalue weighted by atomic mass is 16.5. The average molecular weight is 227 g/mol. The van der Waals surface area contributed by atoms with E-state index in [0.29, 0.717) is 6.61 Å². The second kappa shape index (κ2) is 5.03. The Balaban J connectivity index is 2.15. The van der Waals surface area contributed by atoms with E-state index < -0.39 is 0 Å². The van der Waals surface area contributed by atoms with Gasteiger partial charge < -0.3 is 15.2 Å². The normalized spacial score (nSPS) is 34.9. The molecule has 2 fully saturated rings. The second-order valence-corrected chi connectivity index (χ2v) is 5.45. The summed E-state index contributed by atoms with van der Waals surface area (Å²) in [6.07, 6.45) is 9.45. The van der Waals surface area contributed by atoms with Crippen LogP contribution in [0.4, 0.5) is 0 Å². The molecule has 0 radical (unpaired) electrons. The molecule has 1 atom stereocenters. The molecular formula is C13H25NO2. The molecule has 0 bridgehead atoms. The Morgan fingerprint density at radius 3 is 2.31 bits per heavy atom. The summed E-state index contributed by atoms with van der Waals surface area (Å²) >= 11 is 0. The van der Waals surface area contributed by atoms with Crippen LogP contribution in [0.1, 0.15) is 51.4 Å². The second-order valence-electron chi connectivity index (χ2n) is 5.45. The molecule has 94 valence electrons. The minimum atomic E-state index is -0.208. The molecule has 1 saturated carbocycles. The Morgan fingerprint density at radius 2 is 1.75 bits per heavy atom. The van der Waals surface area contributed by atoms with E-state index in [1.54, 1.807) is 7.11 Å². The van der Waals surface area contributed by atoms with Crippen molar-refractivity contribution >= 4 is 0 Å². The van der Waals surface area contributed by atoms with Crippen molar-refractivity contribution in [1.82, 2.24) is 0 Å². The van der Waals surface area contributed by atoms with Crippen molar-refractivity contribution in [3.05, 3.63) is 0 Å². The summed E-state index contributed by atoms with van der Waals surface area (Å²) in [6.45, 7) is 1.51. The van der Waals surface area contributed by atoms with E-state index in [4.69, 9.17) is 15.2 Å². The van der Waals surface area contributed by atoms with Gasteiger partial charge in [-0.15, -0.1) is 0 Å². The summed E-state index contributed by atoms with van der Waals surface area (Å²) in [5, 5.41) is 0. The monoisotopic (exact) mass is 227 g/mol. The standard InChI is InChI=1S/C13H25NO2/c1-15-11-13(9-5-6-10-16-13)12(14)7-3-2-4-8-12/h2-11,14H2,1H3. The highest BCUT2D eigenvalue weighted by molar-refractivity contribution is 5.07. The molecule has 1 unspecified atom stereocenters. The van der Waals surface area contributed by atoms with E-state index in [0.717, 1.165) is 25.9 Å².